The van der Waals surface area contributed by atoms with Gasteiger partial charge in [-0.05, 0) is 10.8 Å². The zero-order chi connectivity index (χ0) is 12.8. The van der Waals surface area contributed by atoms with E-state index < -0.39 is 0 Å². The highest BCUT2D eigenvalue weighted by Gasteiger charge is 2.11. The average molecular weight is 246 g/mol. The molecular formula is C17H14N2. The summed E-state index contributed by atoms with van der Waals surface area (Å²) in [5, 5.41) is 5.05. The van der Waals surface area contributed by atoms with Crippen molar-refractivity contribution in [1.29, 1.82) is 0 Å². The molecule has 1 N–H and O–H groups in total. The van der Waals surface area contributed by atoms with E-state index in [1.165, 1.54) is 21.5 Å². The van der Waals surface area contributed by atoms with E-state index in [0.29, 0.717) is 0 Å². The lowest BCUT2D eigenvalue weighted by atomic mass is 10.0. The number of aromatic nitrogens is 2. The molecule has 4 rings (SSSR count). The van der Waals surface area contributed by atoms with Crippen LogP contribution in [0.15, 0.2) is 48.5 Å². The molecule has 1 aromatic heterocycles. The van der Waals surface area contributed by atoms with Crippen LogP contribution in [0.1, 0.15) is 12.7 Å². The lowest BCUT2D eigenvalue weighted by Crippen LogP contribution is -1.81. The number of rotatable bonds is 1. The molecule has 0 bridgehead atoms. The van der Waals surface area contributed by atoms with Crippen LogP contribution in [0.5, 0.6) is 0 Å². The number of aryl methyl sites for hydroxylation is 1. The first-order chi connectivity index (χ1) is 9.38. The van der Waals surface area contributed by atoms with E-state index in [-0.39, 0.29) is 0 Å². The summed E-state index contributed by atoms with van der Waals surface area (Å²) in [4.78, 5) is 8.22. The molecule has 0 aliphatic carbocycles. The Kier molecular flexibility index (Phi) is 2.12. The Balaban J connectivity index is 2.37. The molecule has 0 saturated heterocycles. The minimum Gasteiger partial charge on any atom is -0.341 e. The third-order valence-corrected chi connectivity index (χ3v) is 3.76. The smallest absolute Gasteiger partial charge is 0.106 e. The van der Waals surface area contributed by atoms with Crippen LogP contribution in [0.2, 0.25) is 0 Å². The lowest BCUT2D eigenvalue weighted by Gasteiger charge is -2.05. The van der Waals surface area contributed by atoms with E-state index in [2.05, 4.69) is 60.4 Å². The molecular weight excluding hydrogens is 232 g/mol. The molecule has 2 nitrogen and oxygen atoms in total. The molecule has 0 atom stereocenters. The zero-order valence-corrected chi connectivity index (χ0v) is 10.8. The fraction of sp³-hybridized carbons (Fsp3) is 0.118. The van der Waals surface area contributed by atoms with E-state index in [0.717, 1.165) is 23.3 Å². The molecule has 92 valence electrons. The van der Waals surface area contributed by atoms with Gasteiger partial charge in [0.1, 0.15) is 5.82 Å². The number of fused-ring (bicyclic) bond motifs is 6. The maximum atomic E-state index is 4.75. The summed E-state index contributed by atoms with van der Waals surface area (Å²) in [5.41, 5.74) is 2.25. The van der Waals surface area contributed by atoms with Gasteiger partial charge in [-0.25, -0.2) is 4.98 Å². The van der Waals surface area contributed by atoms with Gasteiger partial charge in [0, 0.05) is 17.2 Å². The van der Waals surface area contributed by atoms with Crippen molar-refractivity contribution in [3.63, 3.8) is 0 Å². The SMILES string of the molecule is CCc1nc2c3ccccc3c3ccccc3c2[nH]1. The number of benzene rings is 3. The largest absolute Gasteiger partial charge is 0.341 e. The number of hydrogen-bond donors (Lipinski definition) is 1. The summed E-state index contributed by atoms with van der Waals surface area (Å²) in [6.45, 7) is 2.13. The van der Waals surface area contributed by atoms with Gasteiger partial charge in [0.2, 0.25) is 0 Å². The molecule has 2 heteroatoms. The topological polar surface area (TPSA) is 28.7 Å². The summed E-state index contributed by atoms with van der Waals surface area (Å²) in [7, 11) is 0. The predicted octanol–water partition coefficient (Wildman–Crippen LogP) is 4.43. The van der Waals surface area contributed by atoms with Crippen LogP contribution in [0, 0.1) is 0 Å². The molecule has 0 radical (unpaired) electrons. The van der Waals surface area contributed by atoms with Crippen LogP contribution >= 0.6 is 0 Å². The van der Waals surface area contributed by atoms with Gasteiger partial charge in [0.15, 0.2) is 0 Å². The highest BCUT2D eigenvalue weighted by atomic mass is 14.9. The second-order valence-electron chi connectivity index (χ2n) is 4.85. The standard InChI is InChI=1S/C17H14N2/c1-2-15-18-16-13-9-5-3-7-11(13)12-8-4-6-10-14(12)17(16)19-15/h3-10H,2H2,1H3,(H,18,19). The van der Waals surface area contributed by atoms with Crippen molar-refractivity contribution in [3.05, 3.63) is 54.4 Å². The number of nitrogens with one attached hydrogen (secondary N) is 1. The summed E-state index contributed by atoms with van der Waals surface area (Å²) >= 11 is 0. The third-order valence-electron chi connectivity index (χ3n) is 3.76. The van der Waals surface area contributed by atoms with E-state index in [1.807, 2.05) is 0 Å². The Hall–Kier alpha value is -2.35. The molecule has 0 aliphatic heterocycles. The Bertz CT molecular complexity index is 830. The minimum absolute atomic E-state index is 0.928. The second kappa shape index (κ2) is 3.82. The normalized spacial score (nSPS) is 11.6. The summed E-state index contributed by atoms with van der Waals surface area (Å²) < 4.78 is 0. The Morgan fingerprint density at radius 3 is 2.11 bits per heavy atom. The molecule has 3 aromatic carbocycles. The first kappa shape index (κ1) is 10.6. The van der Waals surface area contributed by atoms with Crippen molar-refractivity contribution in [1.82, 2.24) is 9.97 Å². The quantitative estimate of drug-likeness (QED) is 0.494. The first-order valence-corrected chi connectivity index (χ1v) is 6.66. The van der Waals surface area contributed by atoms with Crippen molar-refractivity contribution in [2.24, 2.45) is 0 Å². The molecule has 19 heavy (non-hydrogen) atoms. The van der Waals surface area contributed by atoms with Crippen molar-refractivity contribution < 1.29 is 0 Å². The van der Waals surface area contributed by atoms with Gasteiger partial charge < -0.3 is 4.98 Å². The summed E-state index contributed by atoms with van der Waals surface area (Å²) in [6.07, 6.45) is 0.928. The van der Waals surface area contributed by atoms with Crippen LogP contribution in [0.3, 0.4) is 0 Å². The van der Waals surface area contributed by atoms with Gasteiger partial charge in [-0.1, -0.05) is 55.5 Å². The zero-order valence-electron chi connectivity index (χ0n) is 10.8. The summed E-state index contributed by atoms with van der Waals surface area (Å²) in [5.74, 6) is 1.05. The highest BCUT2D eigenvalue weighted by molar-refractivity contribution is 6.23. The van der Waals surface area contributed by atoms with Crippen molar-refractivity contribution in [2.45, 2.75) is 13.3 Å². The second-order valence-corrected chi connectivity index (χ2v) is 4.85. The van der Waals surface area contributed by atoms with Crippen LogP contribution < -0.4 is 0 Å². The number of nitrogens with zero attached hydrogens (tertiary/aromatic N) is 1. The fourth-order valence-corrected chi connectivity index (χ4v) is 2.84. The van der Waals surface area contributed by atoms with Gasteiger partial charge in [-0.2, -0.15) is 0 Å². The van der Waals surface area contributed by atoms with E-state index >= 15 is 0 Å². The van der Waals surface area contributed by atoms with Crippen LogP contribution in [-0.2, 0) is 6.42 Å². The van der Waals surface area contributed by atoms with Gasteiger partial charge in [-0.15, -0.1) is 0 Å². The molecule has 0 unspecified atom stereocenters. The molecule has 1 heterocycles. The van der Waals surface area contributed by atoms with E-state index in [9.17, 15) is 0 Å². The van der Waals surface area contributed by atoms with Crippen LogP contribution in [0.25, 0.3) is 32.6 Å². The molecule has 0 spiro atoms. The van der Waals surface area contributed by atoms with E-state index in [4.69, 9.17) is 4.98 Å². The monoisotopic (exact) mass is 246 g/mol. The van der Waals surface area contributed by atoms with Gasteiger partial charge >= 0.3 is 0 Å². The van der Waals surface area contributed by atoms with Crippen LogP contribution in [-0.4, -0.2) is 9.97 Å². The number of imidazole rings is 1. The van der Waals surface area contributed by atoms with E-state index in [1.54, 1.807) is 0 Å². The van der Waals surface area contributed by atoms with Crippen LogP contribution in [0.4, 0.5) is 0 Å². The van der Waals surface area contributed by atoms with Gasteiger partial charge in [-0.3, -0.25) is 0 Å². The lowest BCUT2D eigenvalue weighted by molar-refractivity contribution is 1.00. The Labute approximate surface area is 111 Å². The molecule has 0 saturated carbocycles. The molecule has 0 fully saturated rings. The maximum Gasteiger partial charge on any atom is 0.106 e. The van der Waals surface area contributed by atoms with Gasteiger partial charge in [0.25, 0.3) is 0 Å². The van der Waals surface area contributed by atoms with Crippen molar-refractivity contribution in [3.8, 4) is 0 Å². The van der Waals surface area contributed by atoms with Gasteiger partial charge in [0.05, 0.1) is 11.0 Å². The van der Waals surface area contributed by atoms with Crippen molar-refractivity contribution in [2.75, 3.05) is 0 Å². The highest BCUT2D eigenvalue weighted by Crippen LogP contribution is 2.33. The maximum absolute atomic E-state index is 4.75. The Morgan fingerprint density at radius 1 is 0.842 bits per heavy atom. The average Bonchev–Trinajstić information content (AvgIpc) is 2.92. The first-order valence-electron chi connectivity index (χ1n) is 6.66. The number of H-pyrrole nitrogens is 1. The predicted molar refractivity (Wildman–Crippen MR) is 80.5 cm³/mol. The number of aromatic amines is 1. The summed E-state index contributed by atoms with van der Waals surface area (Å²) in [6, 6.07) is 17.0. The minimum atomic E-state index is 0.928. The molecule has 4 aromatic rings. The Morgan fingerprint density at radius 2 is 1.42 bits per heavy atom. The number of hydrogen-bond acceptors (Lipinski definition) is 1. The van der Waals surface area contributed by atoms with Crippen molar-refractivity contribution >= 4 is 32.6 Å². The molecule has 0 aliphatic rings. The molecule has 0 amide bonds. The fourth-order valence-electron chi connectivity index (χ4n) is 2.84. The third kappa shape index (κ3) is 1.40.